The number of halogens is 2. The van der Waals surface area contributed by atoms with Crippen LogP contribution in [-0.2, 0) is 25.9 Å². The molecule has 0 saturated carbocycles. The zero-order chi connectivity index (χ0) is 31.1. The first-order valence-corrected chi connectivity index (χ1v) is 15.6. The molecule has 0 fully saturated rings. The second kappa shape index (κ2) is 17.5. The minimum atomic E-state index is 0.517. The van der Waals surface area contributed by atoms with Crippen molar-refractivity contribution in [2.75, 3.05) is 0 Å². The van der Waals surface area contributed by atoms with E-state index in [-0.39, 0.29) is 0 Å². The minimum absolute atomic E-state index is 0.517. The van der Waals surface area contributed by atoms with Crippen LogP contribution in [0, 0.1) is 0 Å². The maximum atomic E-state index is 6.18. The summed E-state index contributed by atoms with van der Waals surface area (Å²) in [5.41, 5.74) is 12.0. The zero-order valence-corrected chi connectivity index (χ0v) is 27.1. The predicted octanol–water partition coefficient (Wildman–Crippen LogP) is 9.12. The van der Waals surface area contributed by atoms with E-state index in [1.54, 1.807) is 6.20 Å². The maximum absolute atomic E-state index is 6.18. The van der Waals surface area contributed by atoms with E-state index in [2.05, 4.69) is 60.5 Å². The molecule has 0 spiro atoms. The van der Waals surface area contributed by atoms with Crippen LogP contribution >= 0.6 is 47.6 Å². The number of aryl methyl sites for hydroxylation is 2. The van der Waals surface area contributed by atoms with Gasteiger partial charge in [0.1, 0.15) is 11.3 Å². The lowest BCUT2D eigenvalue weighted by Crippen LogP contribution is -2.00. The van der Waals surface area contributed by atoms with Gasteiger partial charge < -0.3 is 15.7 Å². The number of nitrogens with two attached hydrogens (primary N) is 1. The van der Waals surface area contributed by atoms with Gasteiger partial charge in [-0.25, -0.2) is 15.0 Å². The molecule has 224 valence electrons. The van der Waals surface area contributed by atoms with Crippen molar-refractivity contribution in [1.82, 2.24) is 19.9 Å². The highest BCUT2D eigenvalue weighted by Crippen LogP contribution is 2.20. The van der Waals surface area contributed by atoms with Crippen LogP contribution in [0.25, 0.3) is 22.1 Å². The van der Waals surface area contributed by atoms with Crippen LogP contribution in [0.2, 0.25) is 10.0 Å². The lowest BCUT2D eigenvalue weighted by atomic mass is 10.0. The van der Waals surface area contributed by atoms with Crippen LogP contribution < -0.4 is 5.73 Å². The number of H-pyrrole nitrogens is 2. The summed E-state index contributed by atoms with van der Waals surface area (Å²) >= 11 is 22.0. The van der Waals surface area contributed by atoms with Crippen molar-refractivity contribution in [3.05, 3.63) is 130 Å². The molecule has 4 aromatic heterocycles. The number of isothiocyanates is 1. The van der Waals surface area contributed by atoms with Crippen LogP contribution in [-0.4, -0.2) is 30.0 Å². The SMILES string of the molecule is NCc1ccnc2[nH]ccc12.S=C(CCc1ccccc1Cl)CCc1ccnc2[nH]ccc12.S=C=NCc1ccccc1Cl. The van der Waals surface area contributed by atoms with E-state index in [4.69, 9.17) is 41.2 Å². The van der Waals surface area contributed by atoms with Crippen molar-refractivity contribution in [2.24, 2.45) is 10.7 Å². The number of rotatable bonds is 9. The average Bonchev–Trinajstić information content (AvgIpc) is 3.74. The number of pyridine rings is 2. The van der Waals surface area contributed by atoms with Gasteiger partial charge in [0.2, 0.25) is 0 Å². The fourth-order valence-electron chi connectivity index (χ4n) is 4.55. The van der Waals surface area contributed by atoms with Gasteiger partial charge in [0.25, 0.3) is 0 Å². The van der Waals surface area contributed by atoms with Crippen molar-refractivity contribution < 1.29 is 0 Å². The van der Waals surface area contributed by atoms with Crippen LogP contribution in [0.5, 0.6) is 0 Å². The summed E-state index contributed by atoms with van der Waals surface area (Å²) in [6, 6.07) is 23.6. The number of fused-ring (bicyclic) bond motifs is 2. The molecule has 6 aromatic rings. The molecule has 0 aliphatic rings. The molecule has 0 bridgehead atoms. The standard InChI is InChI=1S/C18H17ClN2S.C8H6ClNS.C8H9N3/c19-17-4-2-1-3-14(17)6-8-15(22)7-5-13-9-11-20-18-16(13)10-12-21-18;9-8-4-2-1-3-7(8)5-10-6-11;9-5-6-1-3-10-8-7(6)2-4-11-8/h1-4,9-12H,5-8H2,(H,20,21);1-4H,5H2;1-4H,5,9H2,(H,10,11). The highest BCUT2D eigenvalue weighted by atomic mass is 35.5. The first kappa shape index (κ1) is 33.1. The van der Waals surface area contributed by atoms with E-state index >= 15 is 0 Å². The van der Waals surface area contributed by atoms with E-state index in [1.165, 1.54) is 16.5 Å². The first-order valence-electron chi connectivity index (χ1n) is 14.0. The maximum Gasteiger partial charge on any atom is 0.137 e. The molecule has 0 radical (unpaired) electrons. The largest absolute Gasteiger partial charge is 0.346 e. The van der Waals surface area contributed by atoms with Gasteiger partial charge >= 0.3 is 0 Å². The Labute approximate surface area is 277 Å². The van der Waals surface area contributed by atoms with E-state index in [0.717, 1.165) is 68.4 Å². The van der Waals surface area contributed by atoms with Gasteiger partial charge in [-0.3, -0.25) is 0 Å². The quantitative estimate of drug-likeness (QED) is 0.106. The lowest BCUT2D eigenvalue weighted by molar-refractivity contribution is 0.979. The molecule has 0 aliphatic carbocycles. The molecular weight excluding hydrogens is 627 g/mol. The third kappa shape index (κ3) is 9.63. The van der Waals surface area contributed by atoms with Crippen LogP contribution in [0.1, 0.15) is 35.1 Å². The summed E-state index contributed by atoms with van der Waals surface area (Å²) in [7, 11) is 0. The molecule has 0 amide bonds. The second-order valence-electron chi connectivity index (χ2n) is 9.75. The van der Waals surface area contributed by atoms with E-state index in [9.17, 15) is 0 Å². The average molecular weight is 660 g/mol. The molecule has 0 unspecified atom stereocenters. The molecule has 44 heavy (non-hydrogen) atoms. The van der Waals surface area contributed by atoms with E-state index in [1.807, 2.05) is 73.2 Å². The third-order valence-corrected chi connectivity index (χ3v) is 8.17. The molecule has 0 atom stereocenters. The summed E-state index contributed by atoms with van der Waals surface area (Å²) in [6.45, 7) is 1.08. The Kier molecular flexibility index (Phi) is 13.2. The van der Waals surface area contributed by atoms with E-state index < -0.39 is 0 Å². The van der Waals surface area contributed by atoms with Crippen molar-refractivity contribution in [1.29, 1.82) is 0 Å². The number of benzene rings is 2. The topological polar surface area (TPSA) is 95.7 Å². The molecule has 0 aliphatic heterocycles. The van der Waals surface area contributed by atoms with Crippen molar-refractivity contribution in [3.63, 3.8) is 0 Å². The smallest absolute Gasteiger partial charge is 0.137 e. The Morgan fingerprint density at radius 3 is 1.82 bits per heavy atom. The summed E-state index contributed by atoms with van der Waals surface area (Å²) in [5, 5.41) is 6.16. The Balaban J connectivity index is 0.000000168. The van der Waals surface area contributed by atoms with Gasteiger partial charge in [0.05, 0.1) is 11.7 Å². The normalized spacial score (nSPS) is 10.3. The zero-order valence-electron chi connectivity index (χ0n) is 24.0. The van der Waals surface area contributed by atoms with Crippen LogP contribution in [0.4, 0.5) is 0 Å². The van der Waals surface area contributed by atoms with Crippen molar-refractivity contribution >= 4 is 79.7 Å². The van der Waals surface area contributed by atoms with Gasteiger partial charge in [0.15, 0.2) is 0 Å². The third-order valence-electron chi connectivity index (χ3n) is 6.90. The molecule has 4 heterocycles. The molecule has 6 nitrogen and oxygen atoms in total. The monoisotopic (exact) mass is 658 g/mol. The van der Waals surface area contributed by atoms with Crippen molar-refractivity contribution in [3.8, 4) is 0 Å². The number of aliphatic imine (C=N–C) groups is 1. The molecular formula is C34H32Cl2N6S2. The Hall–Kier alpha value is -3.75. The van der Waals surface area contributed by atoms with Gasteiger partial charge in [-0.1, -0.05) is 71.8 Å². The number of aromatic amines is 2. The molecule has 0 saturated heterocycles. The predicted molar refractivity (Wildman–Crippen MR) is 191 cm³/mol. The highest BCUT2D eigenvalue weighted by Gasteiger charge is 2.06. The van der Waals surface area contributed by atoms with Crippen LogP contribution in [0.3, 0.4) is 0 Å². The number of thiocarbonyl (C=S) groups is 2. The summed E-state index contributed by atoms with van der Waals surface area (Å²) in [5.74, 6) is 0. The Bertz CT molecular complexity index is 1860. The minimum Gasteiger partial charge on any atom is -0.346 e. The first-order chi connectivity index (χ1) is 21.5. The molecule has 10 heteroatoms. The number of nitrogens with one attached hydrogen (secondary N) is 2. The van der Waals surface area contributed by atoms with Gasteiger partial charge in [-0.15, -0.1) is 0 Å². The molecule has 2 aromatic carbocycles. The Morgan fingerprint density at radius 2 is 1.25 bits per heavy atom. The lowest BCUT2D eigenvalue weighted by Gasteiger charge is -2.07. The Morgan fingerprint density at radius 1 is 0.727 bits per heavy atom. The van der Waals surface area contributed by atoms with Crippen LogP contribution in [0.15, 0.2) is 103 Å². The highest BCUT2D eigenvalue weighted by molar-refractivity contribution is 7.80. The number of aromatic nitrogens is 4. The summed E-state index contributed by atoms with van der Waals surface area (Å²) < 4.78 is 0. The number of nitrogens with zero attached hydrogens (tertiary/aromatic N) is 3. The number of hydrogen-bond acceptors (Lipinski definition) is 6. The summed E-state index contributed by atoms with van der Waals surface area (Å²) in [4.78, 5) is 19.5. The second-order valence-corrected chi connectivity index (χ2v) is 11.3. The summed E-state index contributed by atoms with van der Waals surface area (Å²) in [6.07, 6.45) is 11.1. The van der Waals surface area contributed by atoms with Gasteiger partial charge in [-0.2, -0.15) is 0 Å². The fourth-order valence-corrected chi connectivity index (χ4v) is 5.24. The number of hydrogen-bond donors (Lipinski definition) is 3. The fraction of sp³-hybridized carbons (Fsp3) is 0.176. The molecule has 6 rings (SSSR count). The molecule has 4 N–H and O–H groups in total. The van der Waals surface area contributed by atoms with Crippen molar-refractivity contribution in [2.45, 2.75) is 38.8 Å². The van der Waals surface area contributed by atoms with Gasteiger partial charge in [0, 0.05) is 52.1 Å². The van der Waals surface area contributed by atoms with Gasteiger partial charge in [-0.05, 0) is 101 Å². The van der Waals surface area contributed by atoms with E-state index in [0.29, 0.717) is 13.1 Å².